The fourth-order valence-electron chi connectivity index (χ4n) is 3.56. The molecular weight excluding hydrogens is 392 g/mol. The van der Waals surface area contributed by atoms with Crippen LogP contribution in [0.3, 0.4) is 0 Å². The predicted octanol–water partition coefficient (Wildman–Crippen LogP) is 1.53. The molecule has 2 N–H and O–H groups in total. The van der Waals surface area contributed by atoms with Gasteiger partial charge in [0.1, 0.15) is 18.3 Å². The van der Waals surface area contributed by atoms with Crippen LogP contribution in [-0.2, 0) is 28.6 Å². The van der Waals surface area contributed by atoms with Gasteiger partial charge in [0.15, 0.2) is 0 Å². The SMILES string of the molecule is C=C1C(=O)O[C@@H]2/C=C(/C)[C@@H](OC(C)=O)C/C=C(\C)C[C@@H](OC(=O)/C(=C/CO)CO)[C@@H]12. The molecule has 0 amide bonds. The Hall–Kier alpha value is -2.71. The first-order valence-electron chi connectivity index (χ1n) is 9.70. The van der Waals surface area contributed by atoms with E-state index in [1.54, 1.807) is 13.0 Å². The average Bonchev–Trinajstić information content (AvgIpc) is 2.94. The highest BCUT2D eigenvalue weighted by molar-refractivity contribution is 5.92. The van der Waals surface area contributed by atoms with Gasteiger partial charge in [-0.1, -0.05) is 18.2 Å². The minimum absolute atomic E-state index is 0.0784. The molecule has 0 unspecified atom stereocenters. The van der Waals surface area contributed by atoms with Crippen molar-refractivity contribution in [3.63, 3.8) is 0 Å². The number of aliphatic hydroxyl groups excluding tert-OH is 2. The van der Waals surface area contributed by atoms with E-state index in [1.807, 2.05) is 13.0 Å². The lowest BCUT2D eigenvalue weighted by atomic mass is 9.85. The van der Waals surface area contributed by atoms with E-state index in [9.17, 15) is 19.5 Å². The Balaban J connectivity index is 2.42. The Bertz CT molecular complexity index is 804. The summed E-state index contributed by atoms with van der Waals surface area (Å²) in [5.74, 6) is -2.44. The van der Waals surface area contributed by atoms with Crippen LogP contribution >= 0.6 is 0 Å². The molecule has 8 heteroatoms. The molecule has 1 saturated heterocycles. The van der Waals surface area contributed by atoms with Crippen molar-refractivity contribution >= 4 is 17.9 Å². The van der Waals surface area contributed by atoms with Gasteiger partial charge in [-0.2, -0.15) is 0 Å². The van der Waals surface area contributed by atoms with E-state index in [0.29, 0.717) is 18.4 Å². The number of carbonyl (C=O) groups excluding carboxylic acids is 3. The second kappa shape index (κ2) is 10.4. The Morgan fingerprint density at radius 1 is 1.30 bits per heavy atom. The molecule has 0 spiro atoms. The van der Waals surface area contributed by atoms with Crippen LogP contribution in [0.1, 0.15) is 33.6 Å². The molecule has 0 bridgehead atoms. The molecule has 0 aromatic heterocycles. The molecule has 4 atom stereocenters. The van der Waals surface area contributed by atoms with E-state index in [1.165, 1.54) is 13.0 Å². The summed E-state index contributed by atoms with van der Waals surface area (Å²) in [5.41, 5.74) is 1.67. The van der Waals surface area contributed by atoms with E-state index >= 15 is 0 Å². The van der Waals surface area contributed by atoms with Gasteiger partial charge < -0.3 is 24.4 Å². The topological polar surface area (TPSA) is 119 Å². The number of ether oxygens (including phenoxy) is 3. The van der Waals surface area contributed by atoms with Crippen LogP contribution in [0, 0.1) is 5.92 Å². The number of hydrogen-bond acceptors (Lipinski definition) is 8. The van der Waals surface area contributed by atoms with Crippen LogP contribution in [0.5, 0.6) is 0 Å². The number of rotatable bonds is 5. The molecule has 8 nitrogen and oxygen atoms in total. The fourth-order valence-corrected chi connectivity index (χ4v) is 3.56. The van der Waals surface area contributed by atoms with Crippen molar-refractivity contribution in [2.24, 2.45) is 5.92 Å². The third-order valence-electron chi connectivity index (χ3n) is 5.14. The lowest BCUT2D eigenvalue weighted by molar-refractivity contribution is -0.148. The largest absolute Gasteiger partial charge is 0.458 e. The summed E-state index contributed by atoms with van der Waals surface area (Å²) < 4.78 is 16.5. The Kier molecular flexibility index (Phi) is 8.14. The van der Waals surface area contributed by atoms with Gasteiger partial charge in [0, 0.05) is 25.3 Å². The summed E-state index contributed by atoms with van der Waals surface area (Å²) in [4.78, 5) is 36.2. The second-order valence-corrected chi connectivity index (χ2v) is 7.43. The maximum absolute atomic E-state index is 12.5. The van der Waals surface area contributed by atoms with Gasteiger partial charge in [0.25, 0.3) is 0 Å². The second-order valence-electron chi connectivity index (χ2n) is 7.43. The highest BCUT2D eigenvalue weighted by Gasteiger charge is 2.45. The van der Waals surface area contributed by atoms with E-state index in [2.05, 4.69) is 6.58 Å². The van der Waals surface area contributed by atoms with Crippen LogP contribution in [0.2, 0.25) is 0 Å². The van der Waals surface area contributed by atoms with Gasteiger partial charge in [-0.25, -0.2) is 9.59 Å². The number of fused-ring (bicyclic) bond motifs is 1. The first-order chi connectivity index (χ1) is 14.2. The zero-order chi connectivity index (χ0) is 22.4. The van der Waals surface area contributed by atoms with E-state index in [0.717, 1.165) is 5.57 Å². The van der Waals surface area contributed by atoms with Gasteiger partial charge >= 0.3 is 17.9 Å². The summed E-state index contributed by atoms with van der Waals surface area (Å²) in [7, 11) is 0. The van der Waals surface area contributed by atoms with Crippen molar-refractivity contribution in [3.8, 4) is 0 Å². The smallest absolute Gasteiger partial charge is 0.336 e. The molecular formula is C22H28O8. The number of carbonyl (C=O) groups is 3. The molecule has 2 rings (SSSR count). The maximum Gasteiger partial charge on any atom is 0.336 e. The van der Waals surface area contributed by atoms with Crippen molar-refractivity contribution in [2.45, 2.75) is 51.9 Å². The number of esters is 3. The highest BCUT2D eigenvalue weighted by atomic mass is 16.6. The number of hydrogen-bond donors (Lipinski definition) is 2. The first kappa shape index (κ1) is 23.6. The monoisotopic (exact) mass is 420 g/mol. The van der Waals surface area contributed by atoms with Crippen molar-refractivity contribution in [2.75, 3.05) is 13.2 Å². The van der Waals surface area contributed by atoms with Crippen LogP contribution in [0.25, 0.3) is 0 Å². The summed E-state index contributed by atoms with van der Waals surface area (Å²) in [6, 6.07) is 0. The molecule has 164 valence electrons. The lowest BCUT2D eigenvalue weighted by Gasteiger charge is -2.28. The van der Waals surface area contributed by atoms with Gasteiger partial charge in [-0.15, -0.1) is 0 Å². The van der Waals surface area contributed by atoms with Gasteiger partial charge in [-0.3, -0.25) is 4.79 Å². The van der Waals surface area contributed by atoms with Crippen molar-refractivity contribution < 1.29 is 38.8 Å². The van der Waals surface area contributed by atoms with E-state index < -0.39 is 55.4 Å². The maximum atomic E-state index is 12.5. The first-order valence-corrected chi connectivity index (χ1v) is 9.70. The summed E-state index contributed by atoms with van der Waals surface area (Å²) >= 11 is 0. The molecule has 0 aromatic carbocycles. The van der Waals surface area contributed by atoms with Gasteiger partial charge in [0.05, 0.1) is 24.7 Å². The highest BCUT2D eigenvalue weighted by Crippen LogP contribution is 2.36. The normalized spacial score (nSPS) is 30.9. The number of aliphatic hydroxyl groups is 2. The minimum Gasteiger partial charge on any atom is -0.458 e. The third-order valence-corrected chi connectivity index (χ3v) is 5.14. The van der Waals surface area contributed by atoms with Gasteiger partial charge in [0.2, 0.25) is 0 Å². The molecule has 0 radical (unpaired) electrons. The Labute approximate surface area is 175 Å². The molecule has 30 heavy (non-hydrogen) atoms. The van der Waals surface area contributed by atoms with Crippen LogP contribution in [0.4, 0.5) is 0 Å². The molecule has 2 aliphatic rings. The van der Waals surface area contributed by atoms with Gasteiger partial charge in [-0.05, 0) is 31.6 Å². The zero-order valence-electron chi connectivity index (χ0n) is 17.4. The third kappa shape index (κ3) is 5.67. The van der Waals surface area contributed by atoms with Crippen molar-refractivity contribution in [3.05, 3.63) is 47.1 Å². The zero-order valence-corrected chi connectivity index (χ0v) is 17.4. The van der Waals surface area contributed by atoms with E-state index in [4.69, 9.17) is 19.3 Å². The molecule has 1 fully saturated rings. The van der Waals surface area contributed by atoms with Crippen LogP contribution in [0.15, 0.2) is 47.1 Å². The van der Waals surface area contributed by atoms with Crippen molar-refractivity contribution in [1.82, 2.24) is 0 Å². The molecule has 1 aliphatic carbocycles. The standard InChI is InChI=1S/C22H28O8/c1-12-5-6-17(28-15(4)25)13(2)10-19-20(14(3)21(26)29-19)18(9-12)30-22(27)16(11-24)7-8-23/h5,7,10,17-20,23-24H,3,6,8-9,11H2,1-2,4H3/b12-5+,13-10-,16-7+/t17-,18+,19+,20+/m0/s1. The average molecular weight is 420 g/mol. The Morgan fingerprint density at radius 3 is 2.60 bits per heavy atom. The Morgan fingerprint density at radius 2 is 2.00 bits per heavy atom. The molecule has 1 heterocycles. The molecule has 0 aromatic rings. The van der Waals surface area contributed by atoms with Crippen LogP contribution < -0.4 is 0 Å². The van der Waals surface area contributed by atoms with Crippen molar-refractivity contribution in [1.29, 1.82) is 0 Å². The summed E-state index contributed by atoms with van der Waals surface area (Å²) in [6.07, 6.45) is 3.45. The van der Waals surface area contributed by atoms with Crippen LogP contribution in [-0.4, -0.2) is 59.6 Å². The molecule has 1 aliphatic heterocycles. The lowest BCUT2D eigenvalue weighted by Crippen LogP contribution is -2.34. The molecule has 0 saturated carbocycles. The van der Waals surface area contributed by atoms with E-state index in [-0.39, 0.29) is 11.1 Å². The summed E-state index contributed by atoms with van der Waals surface area (Å²) in [6.45, 7) is 7.76. The quantitative estimate of drug-likeness (QED) is 0.297. The summed E-state index contributed by atoms with van der Waals surface area (Å²) in [5, 5.41) is 18.4. The minimum atomic E-state index is -0.786. The predicted molar refractivity (Wildman–Crippen MR) is 107 cm³/mol. The fraction of sp³-hybridized carbons (Fsp3) is 0.500.